The summed E-state index contributed by atoms with van der Waals surface area (Å²) in [4.78, 5) is 2.66. The molecule has 0 radical (unpaired) electrons. The fourth-order valence-corrected chi connectivity index (χ4v) is 4.15. The molecule has 0 aliphatic carbocycles. The predicted octanol–water partition coefficient (Wildman–Crippen LogP) is 0.696. The Balaban J connectivity index is 1.99. The Hall–Kier alpha value is -0.950. The van der Waals surface area contributed by atoms with Crippen molar-refractivity contribution < 1.29 is 8.42 Å². The van der Waals surface area contributed by atoms with E-state index in [1.54, 1.807) is 12.1 Å². The largest absolute Gasteiger partial charge is 0.329 e. The van der Waals surface area contributed by atoms with Crippen LogP contribution in [0.2, 0.25) is 0 Å². The van der Waals surface area contributed by atoms with Crippen molar-refractivity contribution in [3.05, 3.63) is 29.8 Å². The highest BCUT2D eigenvalue weighted by atomic mass is 32.2. The third-order valence-corrected chi connectivity index (χ3v) is 5.42. The summed E-state index contributed by atoms with van der Waals surface area (Å²) in [6.07, 6.45) is 1.68. The zero-order valence-electron chi connectivity index (χ0n) is 11.9. The van der Waals surface area contributed by atoms with Crippen LogP contribution < -0.4 is 10.5 Å². The number of aryl methyl sites for hydroxylation is 1. The molecule has 20 heavy (non-hydrogen) atoms. The molecule has 0 bridgehead atoms. The smallest absolute Gasteiger partial charge is 0.241 e. The molecule has 0 atom stereocenters. The highest BCUT2D eigenvalue weighted by Gasteiger charge is 2.24. The highest BCUT2D eigenvalue weighted by Crippen LogP contribution is 2.17. The molecule has 6 heteroatoms. The van der Waals surface area contributed by atoms with Gasteiger partial charge in [0.15, 0.2) is 0 Å². The van der Waals surface area contributed by atoms with Crippen LogP contribution in [0.25, 0.3) is 0 Å². The second-order valence-corrected chi connectivity index (χ2v) is 6.97. The van der Waals surface area contributed by atoms with Gasteiger partial charge < -0.3 is 10.6 Å². The summed E-state index contributed by atoms with van der Waals surface area (Å²) in [7, 11) is -3.41. The van der Waals surface area contributed by atoms with Crippen LogP contribution in [0.5, 0.6) is 0 Å². The molecule has 0 amide bonds. The number of likely N-dealkylation sites (tertiary alicyclic amines) is 1. The molecule has 0 aromatic heterocycles. The lowest BCUT2D eigenvalue weighted by atomic mass is 10.1. The van der Waals surface area contributed by atoms with Crippen molar-refractivity contribution in [2.75, 3.05) is 26.2 Å². The summed E-state index contributed by atoms with van der Waals surface area (Å²) in [5.74, 6) is 0. The monoisotopic (exact) mass is 297 g/mol. The number of nitrogens with two attached hydrogens (primary N) is 1. The first-order chi connectivity index (χ1) is 9.53. The summed E-state index contributed by atoms with van der Waals surface area (Å²) in [6, 6.07) is 7.10. The molecule has 1 aromatic rings. The third kappa shape index (κ3) is 3.79. The summed E-state index contributed by atoms with van der Waals surface area (Å²) in [5, 5.41) is 0. The van der Waals surface area contributed by atoms with E-state index in [2.05, 4.69) is 9.62 Å². The molecule has 1 saturated heterocycles. The quantitative estimate of drug-likeness (QED) is 0.839. The topological polar surface area (TPSA) is 75.4 Å². The lowest BCUT2D eigenvalue weighted by Gasteiger charge is -2.31. The molecule has 112 valence electrons. The van der Waals surface area contributed by atoms with E-state index in [-0.39, 0.29) is 6.04 Å². The van der Waals surface area contributed by atoms with Gasteiger partial charge in [-0.15, -0.1) is 0 Å². The zero-order valence-corrected chi connectivity index (χ0v) is 12.7. The minimum absolute atomic E-state index is 0.0219. The Labute approximate surface area is 121 Å². The Kier molecular flexibility index (Phi) is 5.15. The molecule has 5 nitrogen and oxygen atoms in total. The molecule has 1 fully saturated rings. The van der Waals surface area contributed by atoms with E-state index in [0.717, 1.165) is 38.0 Å². The Morgan fingerprint density at radius 1 is 1.30 bits per heavy atom. The first kappa shape index (κ1) is 15.4. The van der Waals surface area contributed by atoms with Gasteiger partial charge in [-0.2, -0.15) is 0 Å². The van der Waals surface area contributed by atoms with Gasteiger partial charge in [-0.3, -0.25) is 0 Å². The molecular weight excluding hydrogens is 274 g/mol. The standard InChI is InChI=1S/C14H23N3O2S/c1-12-4-2-3-5-14(12)20(18,19)16-13-6-9-17(10-7-13)11-8-15/h2-5,13,16H,6-11,15H2,1H3. The van der Waals surface area contributed by atoms with Crippen molar-refractivity contribution in [2.24, 2.45) is 5.73 Å². The Bertz CT molecular complexity index is 537. The molecule has 0 saturated carbocycles. The van der Waals surface area contributed by atoms with Crippen LogP contribution in [0.3, 0.4) is 0 Å². The van der Waals surface area contributed by atoms with Gasteiger partial charge in [0, 0.05) is 19.1 Å². The molecule has 2 rings (SSSR count). The number of rotatable bonds is 5. The molecule has 1 aromatic carbocycles. The average Bonchev–Trinajstić information content (AvgIpc) is 2.41. The lowest BCUT2D eigenvalue weighted by Crippen LogP contribution is -2.45. The molecule has 1 aliphatic rings. The van der Waals surface area contributed by atoms with Crippen molar-refractivity contribution >= 4 is 10.0 Å². The van der Waals surface area contributed by atoms with Crippen LogP contribution in [-0.2, 0) is 10.0 Å². The highest BCUT2D eigenvalue weighted by molar-refractivity contribution is 7.89. The van der Waals surface area contributed by atoms with Crippen LogP contribution in [-0.4, -0.2) is 45.5 Å². The number of nitrogens with zero attached hydrogens (tertiary/aromatic N) is 1. The first-order valence-electron chi connectivity index (χ1n) is 7.03. The van der Waals surface area contributed by atoms with Gasteiger partial charge in [0.1, 0.15) is 0 Å². The number of nitrogens with one attached hydrogen (secondary N) is 1. The second kappa shape index (κ2) is 6.67. The van der Waals surface area contributed by atoms with Crippen molar-refractivity contribution in [1.29, 1.82) is 0 Å². The molecule has 3 N–H and O–H groups in total. The fraction of sp³-hybridized carbons (Fsp3) is 0.571. The minimum Gasteiger partial charge on any atom is -0.329 e. The van der Waals surface area contributed by atoms with Crippen LogP contribution in [0.15, 0.2) is 29.2 Å². The molecule has 1 heterocycles. The number of hydrogen-bond donors (Lipinski definition) is 2. The molecule has 1 aliphatic heterocycles. The normalized spacial score (nSPS) is 18.3. The van der Waals surface area contributed by atoms with E-state index in [1.807, 2.05) is 19.1 Å². The fourth-order valence-electron chi connectivity index (χ4n) is 2.60. The van der Waals surface area contributed by atoms with E-state index in [4.69, 9.17) is 5.73 Å². The maximum absolute atomic E-state index is 12.4. The lowest BCUT2D eigenvalue weighted by molar-refractivity contribution is 0.212. The molecule has 0 unspecified atom stereocenters. The number of benzene rings is 1. The van der Waals surface area contributed by atoms with Crippen LogP contribution in [0.4, 0.5) is 0 Å². The van der Waals surface area contributed by atoms with Crippen molar-refractivity contribution in [3.63, 3.8) is 0 Å². The molecule has 0 spiro atoms. The molecular formula is C14H23N3O2S. The third-order valence-electron chi connectivity index (χ3n) is 3.74. The number of hydrogen-bond acceptors (Lipinski definition) is 4. The first-order valence-corrected chi connectivity index (χ1v) is 8.51. The van der Waals surface area contributed by atoms with E-state index in [0.29, 0.717) is 11.4 Å². The summed E-state index contributed by atoms with van der Waals surface area (Å²) in [6.45, 7) is 5.16. The van der Waals surface area contributed by atoms with Crippen LogP contribution in [0, 0.1) is 6.92 Å². The van der Waals surface area contributed by atoms with Gasteiger partial charge in [-0.05, 0) is 44.5 Å². The average molecular weight is 297 g/mol. The van der Waals surface area contributed by atoms with Gasteiger partial charge in [0.25, 0.3) is 0 Å². The zero-order chi connectivity index (χ0) is 14.6. The van der Waals surface area contributed by atoms with Crippen LogP contribution in [0.1, 0.15) is 18.4 Å². The summed E-state index contributed by atoms with van der Waals surface area (Å²) >= 11 is 0. The van der Waals surface area contributed by atoms with Crippen molar-refractivity contribution in [3.8, 4) is 0 Å². The van der Waals surface area contributed by atoms with E-state index in [1.165, 1.54) is 0 Å². The summed E-state index contributed by atoms with van der Waals surface area (Å²) in [5.41, 5.74) is 6.31. The predicted molar refractivity (Wildman–Crippen MR) is 80.0 cm³/mol. The van der Waals surface area contributed by atoms with E-state index in [9.17, 15) is 8.42 Å². The number of piperidine rings is 1. The van der Waals surface area contributed by atoms with Crippen LogP contribution >= 0.6 is 0 Å². The maximum Gasteiger partial charge on any atom is 0.241 e. The van der Waals surface area contributed by atoms with Gasteiger partial charge in [-0.1, -0.05) is 18.2 Å². The van der Waals surface area contributed by atoms with Crippen molar-refractivity contribution in [1.82, 2.24) is 9.62 Å². The van der Waals surface area contributed by atoms with Gasteiger partial charge >= 0.3 is 0 Å². The Morgan fingerprint density at radius 3 is 2.55 bits per heavy atom. The van der Waals surface area contributed by atoms with E-state index >= 15 is 0 Å². The number of sulfonamides is 1. The maximum atomic E-state index is 12.4. The van der Waals surface area contributed by atoms with Gasteiger partial charge in [0.2, 0.25) is 10.0 Å². The minimum atomic E-state index is -3.41. The SMILES string of the molecule is Cc1ccccc1S(=O)(=O)NC1CCN(CCN)CC1. The second-order valence-electron chi connectivity index (χ2n) is 5.29. The van der Waals surface area contributed by atoms with E-state index < -0.39 is 10.0 Å². The van der Waals surface area contributed by atoms with Gasteiger partial charge in [-0.25, -0.2) is 13.1 Å². The Morgan fingerprint density at radius 2 is 1.95 bits per heavy atom. The van der Waals surface area contributed by atoms with Crippen molar-refractivity contribution in [2.45, 2.75) is 30.7 Å². The summed E-state index contributed by atoms with van der Waals surface area (Å²) < 4.78 is 27.6. The van der Waals surface area contributed by atoms with Gasteiger partial charge in [0.05, 0.1) is 4.90 Å².